The lowest BCUT2D eigenvalue weighted by Crippen LogP contribution is -2.52. The molecule has 19 heavy (non-hydrogen) atoms. The summed E-state index contributed by atoms with van der Waals surface area (Å²) in [5, 5.41) is 17.9. The van der Waals surface area contributed by atoms with Crippen LogP contribution >= 0.6 is 0 Å². The van der Waals surface area contributed by atoms with Gasteiger partial charge in [0, 0.05) is 13.0 Å². The van der Waals surface area contributed by atoms with Crippen LogP contribution in [0.1, 0.15) is 6.42 Å². The lowest BCUT2D eigenvalue weighted by atomic mass is 10.1. The first-order valence-electron chi connectivity index (χ1n) is 4.68. The lowest BCUT2D eigenvalue weighted by Gasteiger charge is -2.23. The fourth-order valence-corrected chi connectivity index (χ4v) is 1.12. The molecule has 0 saturated carbocycles. The van der Waals surface area contributed by atoms with Crippen LogP contribution in [0.3, 0.4) is 0 Å². The molecule has 0 aliphatic rings. The molecule has 5 nitrogen and oxygen atoms in total. The average Bonchev–Trinajstić information content (AvgIpc) is 2.11. The first-order chi connectivity index (χ1) is 8.41. The van der Waals surface area contributed by atoms with Crippen molar-refractivity contribution in [2.24, 2.45) is 5.92 Å². The molecule has 0 aromatic carbocycles. The molecule has 112 valence electrons. The zero-order valence-corrected chi connectivity index (χ0v) is 9.05. The van der Waals surface area contributed by atoms with Gasteiger partial charge in [-0.05, 0) is 0 Å². The molecule has 0 aliphatic heterocycles. The molecule has 0 aromatic heterocycles. The number of carbonyl (C=O) groups excluding carboxylic acids is 1. The Balaban J connectivity index is 5.08. The zero-order valence-electron chi connectivity index (χ0n) is 9.05. The first-order valence-corrected chi connectivity index (χ1v) is 4.68. The summed E-state index contributed by atoms with van der Waals surface area (Å²) in [5.74, 6) is -8.70. The van der Waals surface area contributed by atoms with E-state index in [2.05, 4.69) is 0 Å². The van der Waals surface area contributed by atoms with E-state index < -0.39 is 49.2 Å². The molecule has 0 spiro atoms. The van der Waals surface area contributed by atoms with E-state index >= 15 is 0 Å². The maximum absolute atomic E-state index is 12.1. The highest BCUT2D eigenvalue weighted by Crippen LogP contribution is 2.39. The minimum Gasteiger partial charge on any atom is -0.480 e. The number of alkyl halides is 6. The number of carbonyl (C=O) groups is 2. The number of carboxylic acids is 1. The fourth-order valence-electron chi connectivity index (χ4n) is 1.12. The Bertz CT molecular complexity index is 325. The van der Waals surface area contributed by atoms with Crippen LogP contribution < -0.4 is 5.32 Å². The van der Waals surface area contributed by atoms with Crippen LogP contribution in [0.25, 0.3) is 0 Å². The quantitative estimate of drug-likeness (QED) is 0.651. The molecule has 11 heteroatoms. The highest BCUT2D eigenvalue weighted by atomic mass is 19.4. The van der Waals surface area contributed by atoms with Crippen molar-refractivity contribution in [3.63, 3.8) is 0 Å². The van der Waals surface area contributed by atoms with Crippen LogP contribution in [0.15, 0.2) is 0 Å². The second-order valence-electron chi connectivity index (χ2n) is 3.43. The third kappa shape index (κ3) is 5.32. The number of aliphatic hydroxyl groups is 1. The monoisotopic (exact) mass is 297 g/mol. The standard InChI is InChI=1S/C8H9F6NO4/c9-7(10,11)4(8(12,13)14)5(17)15-3(1-2-16)6(18)19/h3-4,16H,1-2H2,(H,15,17)(H,18,19). The molecule has 0 heterocycles. The molecule has 1 unspecified atom stereocenters. The van der Waals surface area contributed by atoms with E-state index in [0.717, 1.165) is 5.32 Å². The molecule has 0 aromatic rings. The Hall–Kier alpha value is -1.52. The molecule has 0 bridgehead atoms. The Labute approximate surface area is 102 Å². The van der Waals surface area contributed by atoms with Crippen LogP contribution in [0.4, 0.5) is 26.3 Å². The van der Waals surface area contributed by atoms with Crippen LogP contribution in [0.2, 0.25) is 0 Å². The normalized spacial score (nSPS) is 14.3. The molecule has 3 N–H and O–H groups in total. The third-order valence-electron chi connectivity index (χ3n) is 1.95. The van der Waals surface area contributed by atoms with Crippen molar-refractivity contribution in [3.8, 4) is 0 Å². The van der Waals surface area contributed by atoms with Crippen molar-refractivity contribution in [3.05, 3.63) is 0 Å². The van der Waals surface area contributed by atoms with Gasteiger partial charge in [0.1, 0.15) is 6.04 Å². The van der Waals surface area contributed by atoms with Crippen LogP contribution in [0.5, 0.6) is 0 Å². The fraction of sp³-hybridized carbons (Fsp3) is 0.750. The Kier molecular flexibility index (Phi) is 5.60. The van der Waals surface area contributed by atoms with Crippen molar-refractivity contribution in [2.45, 2.75) is 24.8 Å². The first kappa shape index (κ1) is 17.5. The van der Waals surface area contributed by atoms with E-state index in [9.17, 15) is 35.9 Å². The van der Waals surface area contributed by atoms with E-state index in [1.54, 1.807) is 0 Å². The van der Waals surface area contributed by atoms with E-state index in [4.69, 9.17) is 10.2 Å². The summed E-state index contributed by atoms with van der Waals surface area (Å²) in [7, 11) is 0. The molecular weight excluding hydrogens is 288 g/mol. The van der Waals surface area contributed by atoms with E-state index in [1.807, 2.05) is 0 Å². The van der Waals surface area contributed by atoms with Gasteiger partial charge < -0.3 is 15.5 Å². The number of rotatable bonds is 5. The van der Waals surface area contributed by atoms with Crippen molar-refractivity contribution >= 4 is 11.9 Å². The molecule has 1 atom stereocenters. The number of carboxylic acid groups (broad SMARTS) is 1. The summed E-state index contributed by atoms with van der Waals surface area (Å²) in [6.45, 7) is -0.833. The zero-order chi connectivity index (χ0) is 15.4. The SMILES string of the molecule is O=C(O)C(CCO)NC(=O)C(C(F)(F)F)C(F)(F)F. The topological polar surface area (TPSA) is 86.6 Å². The number of aliphatic hydroxyl groups excluding tert-OH is 1. The smallest absolute Gasteiger partial charge is 0.409 e. The second-order valence-corrected chi connectivity index (χ2v) is 3.43. The van der Waals surface area contributed by atoms with Gasteiger partial charge in [-0.3, -0.25) is 4.79 Å². The summed E-state index contributed by atoms with van der Waals surface area (Å²) in [6, 6.07) is -2.04. The number of hydrogen-bond donors (Lipinski definition) is 3. The predicted molar refractivity (Wildman–Crippen MR) is 46.9 cm³/mol. The average molecular weight is 297 g/mol. The number of hydrogen-bond acceptors (Lipinski definition) is 3. The maximum Gasteiger partial charge on any atom is 0.409 e. The lowest BCUT2D eigenvalue weighted by molar-refractivity contribution is -0.274. The molecule has 0 saturated heterocycles. The number of aliphatic carboxylic acids is 1. The van der Waals surface area contributed by atoms with Crippen LogP contribution in [-0.4, -0.2) is 47.1 Å². The molecule has 1 amide bonds. The largest absolute Gasteiger partial charge is 0.480 e. The van der Waals surface area contributed by atoms with Gasteiger partial charge >= 0.3 is 18.3 Å². The minimum atomic E-state index is -5.90. The molecule has 0 fully saturated rings. The van der Waals surface area contributed by atoms with Gasteiger partial charge in [-0.25, -0.2) is 4.79 Å². The summed E-state index contributed by atoms with van der Waals surface area (Å²) in [6.07, 6.45) is -12.5. The van der Waals surface area contributed by atoms with Crippen molar-refractivity contribution in [2.75, 3.05) is 6.61 Å². The highest BCUT2D eigenvalue weighted by Gasteiger charge is 2.61. The van der Waals surface area contributed by atoms with Gasteiger partial charge in [-0.15, -0.1) is 0 Å². The summed E-state index contributed by atoms with van der Waals surface area (Å²) in [5.41, 5.74) is 0. The molecule has 0 aliphatic carbocycles. The van der Waals surface area contributed by atoms with Gasteiger partial charge in [0.05, 0.1) is 0 Å². The van der Waals surface area contributed by atoms with Gasteiger partial charge in [-0.2, -0.15) is 26.3 Å². The van der Waals surface area contributed by atoms with E-state index in [-0.39, 0.29) is 0 Å². The predicted octanol–water partition coefficient (Wildman–Crippen LogP) is 0.679. The van der Waals surface area contributed by atoms with Gasteiger partial charge in [-0.1, -0.05) is 0 Å². The van der Waals surface area contributed by atoms with Crippen molar-refractivity contribution in [1.82, 2.24) is 5.32 Å². The Morgan fingerprint density at radius 2 is 1.47 bits per heavy atom. The second kappa shape index (κ2) is 6.08. The Morgan fingerprint density at radius 3 is 1.74 bits per heavy atom. The van der Waals surface area contributed by atoms with Crippen molar-refractivity contribution < 1.29 is 46.1 Å². The van der Waals surface area contributed by atoms with Crippen molar-refractivity contribution in [1.29, 1.82) is 0 Å². The molecular formula is C8H9F6NO4. The minimum absolute atomic E-state index is 0.719. The summed E-state index contributed by atoms with van der Waals surface area (Å²) in [4.78, 5) is 21.4. The number of amides is 1. The summed E-state index contributed by atoms with van der Waals surface area (Å²) < 4.78 is 72.8. The number of nitrogens with one attached hydrogen (secondary N) is 1. The van der Waals surface area contributed by atoms with E-state index in [1.165, 1.54) is 0 Å². The number of halogens is 6. The van der Waals surface area contributed by atoms with Gasteiger partial charge in [0.25, 0.3) is 0 Å². The maximum atomic E-state index is 12.1. The third-order valence-corrected chi connectivity index (χ3v) is 1.95. The highest BCUT2D eigenvalue weighted by molar-refractivity contribution is 5.85. The van der Waals surface area contributed by atoms with Gasteiger partial charge in [0.2, 0.25) is 11.8 Å². The molecule has 0 radical (unpaired) electrons. The Morgan fingerprint density at radius 1 is 1.05 bits per heavy atom. The van der Waals surface area contributed by atoms with E-state index in [0.29, 0.717) is 0 Å². The van der Waals surface area contributed by atoms with Crippen LogP contribution in [-0.2, 0) is 9.59 Å². The molecule has 0 rings (SSSR count). The summed E-state index contributed by atoms with van der Waals surface area (Å²) >= 11 is 0. The van der Waals surface area contributed by atoms with Crippen LogP contribution in [0, 0.1) is 5.92 Å². The van der Waals surface area contributed by atoms with Gasteiger partial charge in [0.15, 0.2) is 0 Å².